The van der Waals surface area contributed by atoms with Crippen LogP contribution in [-0.4, -0.2) is 53.5 Å². The topological polar surface area (TPSA) is 62.6 Å². The van der Waals surface area contributed by atoms with E-state index in [0.717, 1.165) is 36.8 Å². The second-order valence-corrected chi connectivity index (χ2v) is 6.72. The molecule has 1 N–H and O–H groups in total. The van der Waals surface area contributed by atoms with Crippen LogP contribution in [-0.2, 0) is 0 Å². The lowest BCUT2D eigenvalue weighted by Gasteiger charge is -2.36. The van der Waals surface area contributed by atoms with Gasteiger partial charge in [-0.1, -0.05) is 19.1 Å². The number of carbonyl (C=O) groups is 1. The van der Waals surface area contributed by atoms with Gasteiger partial charge in [-0.15, -0.1) is 0 Å². The number of nitrogens with one attached hydrogen (secondary N) is 1. The summed E-state index contributed by atoms with van der Waals surface area (Å²) in [6.07, 6.45) is 2.69. The molecule has 1 fully saturated rings. The number of rotatable bonds is 6. The number of aromatic nitrogens is 2. The van der Waals surface area contributed by atoms with E-state index in [9.17, 15) is 4.79 Å². The molecule has 7 nitrogen and oxygen atoms in total. The largest absolute Gasteiger partial charge is 0.492 e. The summed E-state index contributed by atoms with van der Waals surface area (Å²) < 4.78 is 7.60. The average molecular weight is 371 g/mol. The molecule has 0 saturated carbocycles. The SMILES string of the molecule is CCOc1ccccc1N1CCN(C(=O)Nc2ccnn2[C@@H](C)CC)CC1. The molecule has 2 amide bonds. The smallest absolute Gasteiger partial charge is 0.323 e. The highest BCUT2D eigenvalue weighted by molar-refractivity contribution is 5.88. The first-order valence-corrected chi connectivity index (χ1v) is 9.70. The Morgan fingerprint density at radius 1 is 1.19 bits per heavy atom. The van der Waals surface area contributed by atoms with E-state index >= 15 is 0 Å². The van der Waals surface area contributed by atoms with Gasteiger partial charge in [-0.3, -0.25) is 5.32 Å². The van der Waals surface area contributed by atoms with Crippen LogP contribution in [0.3, 0.4) is 0 Å². The van der Waals surface area contributed by atoms with Gasteiger partial charge < -0.3 is 14.5 Å². The molecule has 1 saturated heterocycles. The van der Waals surface area contributed by atoms with Crippen molar-refractivity contribution < 1.29 is 9.53 Å². The molecular formula is C20H29N5O2. The molecule has 0 radical (unpaired) electrons. The van der Waals surface area contributed by atoms with Gasteiger partial charge in [-0.2, -0.15) is 5.10 Å². The number of para-hydroxylation sites is 2. The Bertz CT molecular complexity index is 752. The van der Waals surface area contributed by atoms with Gasteiger partial charge in [0, 0.05) is 32.2 Å². The van der Waals surface area contributed by atoms with Crippen LogP contribution >= 0.6 is 0 Å². The average Bonchev–Trinajstić information content (AvgIpc) is 3.16. The third kappa shape index (κ3) is 4.35. The van der Waals surface area contributed by atoms with Crippen molar-refractivity contribution in [2.45, 2.75) is 33.2 Å². The number of benzene rings is 1. The molecule has 3 rings (SSSR count). The zero-order valence-corrected chi connectivity index (χ0v) is 16.4. The standard InChI is InChI=1S/C20H29N5O2/c1-4-16(3)25-19(10-11-21-25)22-20(26)24-14-12-23(13-15-24)17-8-6-7-9-18(17)27-5-2/h6-11,16H,4-5,12-15H2,1-3H3,(H,22,26)/t16-/m0/s1. The van der Waals surface area contributed by atoms with Crippen LogP contribution in [0.15, 0.2) is 36.5 Å². The summed E-state index contributed by atoms with van der Waals surface area (Å²) in [6.45, 7) is 9.73. The molecule has 7 heteroatoms. The van der Waals surface area contributed by atoms with Crippen molar-refractivity contribution in [1.29, 1.82) is 0 Å². The summed E-state index contributed by atoms with van der Waals surface area (Å²) in [6, 6.07) is 10.1. The summed E-state index contributed by atoms with van der Waals surface area (Å²) >= 11 is 0. The number of hydrogen-bond donors (Lipinski definition) is 1. The number of anilines is 2. The lowest BCUT2D eigenvalue weighted by atomic mass is 10.2. The Hall–Kier alpha value is -2.70. The van der Waals surface area contributed by atoms with Crippen molar-refractivity contribution in [3.05, 3.63) is 36.5 Å². The number of carbonyl (C=O) groups excluding carboxylic acids is 1. The molecule has 1 aromatic carbocycles. The van der Waals surface area contributed by atoms with Crippen LogP contribution in [0, 0.1) is 0 Å². The molecule has 0 aliphatic carbocycles. The summed E-state index contributed by atoms with van der Waals surface area (Å²) in [7, 11) is 0. The minimum Gasteiger partial charge on any atom is -0.492 e. The quantitative estimate of drug-likeness (QED) is 0.843. The molecule has 2 heterocycles. The Morgan fingerprint density at radius 3 is 2.63 bits per heavy atom. The van der Waals surface area contributed by atoms with Crippen LogP contribution in [0.25, 0.3) is 0 Å². The molecule has 2 aromatic rings. The monoisotopic (exact) mass is 371 g/mol. The molecule has 0 unspecified atom stereocenters. The first-order valence-electron chi connectivity index (χ1n) is 9.70. The first-order chi connectivity index (χ1) is 13.1. The predicted octanol–water partition coefficient (Wildman–Crippen LogP) is 3.61. The van der Waals surface area contributed by atoms with E-state index in [0.29, 0.717) is 19.7 Å². The fourth-order valence-corrected chi connectivity index (χ4v) is 3.27. The maximum atomic E-state index is 12.7. The van der Waals surface area contributed by atoms with E-state index < -0.39 is 0 Å². The predicted molar refractivity (Wildman–Crippen MR) is 108 cm³/mol. The summed E-state index contributed by atoms with van der Waals surface area (Å²) in [4.78, 5) is 16.8. The normalized spacial score (nSPS) is 15.5. The Morgan fingerprint density at radius 2 is 1.93 bits per heavy atom. The van der Waals surface area contributed by atoms with E-state index in [1.165, 1.54) is 0 Å². The minimum absolute atomic E-state index is 0.0715. The Kier molecular flexibility index (Phi) is 6.21. The van der Waals surface area contributed by atoms with Gasteiger partial charge in [-0.05, 0) is 32.4 Å². The third-order valence-electron chi connectivity index (χ3n) is 4.99. The van der Waals surface area contributed by atoms with Crippen molar-refractivity contribution in [1.82, 2.24) is 14.7 Å². The highest BCUT2D eigenvalue weighted by Crippen LogP contribution is 2.29. The van der Waals surface area contributed by atoms with Crippen molar-refractivity contribution in [3.63, 3.8) is 0 Å². The molecule has 1 aliphatic rings. The van der Waals surface area contributed by atoms with Crippen molar-refractivity contribution in [3.8, 4) is 5.75 Å². The molecule has 1 aliphatic heterocycles. The summed E-state index contributed by atoms with van der Waals surface area (Å²) in [5.74, 6) is 1.65. The van der Waals surface area contributed by atoms with E-state index in [-0.39, 0.29) is 12.1 Å². The van der Waals surface area contributed by atoms with Crippen LogP contribution in [0.1, 0.15) is 33.2 Å². The van der Waals surface area contributed by atoms with Gasteiger partial charge in [0.05, 0.1) is 24.5 Å². The van der Waals surface area contributed by atoms with Gasteiger partial charge in [0.1, 0.15) is 11.6 Å². The van der Waals surface area contributed by atoms with Crippen molar-refractivity contribution >= 4 is 17.5 Å². The lowest BCUT2D eigenvalue weighted by molar-refractivity contribution is 0.207. The summed E-state index contributed by atoms with van der Waals surface area (Å²) in [5.41, 5.74) is 1.09. The molecule has 0 spiro atoms. The van der Waals surface area contributed by atoms with Crippen LogP contribution in [0.2, 0.25) is 0 Å². The fourth-order valence-electron chi connectivity index (χ4n) is 3.27. The maximum Gasteiger partial charge on any atom is 0.323 e. The number of ether oxygens (including phenoxy) is 1. The number of amides is 2. The van der Waals surface area contributed by atoms with Gasteiger partial charge in [0.15, 0.2) is 0 Å². The number of nitrogens with zero attached hydrogens (tertiary/aromatic N) is 4. The zero-order chi connectivity index (χ0) is 19.2. The molecule has 1 aromatic heterocycles. The highest BCUT2D eigenvalue weighted by Gasteiger charge is 2.24. The van der Waals surface area contributed by atoms with Crippen molar-refractivity contribution in [2.24, 2.45) is 0 Å². The Balaban J connectivity index is 1.60. The first kappa shape index (κ1) is 19.1. The van der Waals surface area contributed by atoms with E-state index in [1.54, 1.807) is 6.20 Å². The molecule has 1 atom stereocenters. The van der Waals surface area contributed by atoms with Crippen LogP contribution in [0.4, 0.5) is 16.3 Å². The van der Waals surface area contributed by atoms with Crippen LogP contribution < -0.4 is 15.0 Å². The summed E-state index contributed by atoms with van der Waals surface area (Å²) in [5, 5.41) is 7.33. The third-order valence-corrected chi connectivity index (χ3v) is 4.99. The Labute approximate surface area is 160 Å². The molecular weight excluding hydrogens is 342 g/mol. The minimum atomic E-state index is -0.0715. The molecule has 27 heavy (non-hydrogen) atoms. The number of hydrogen-bond acceptors (Lipinski definition) is 4. The fraction of sp³-hybridized carbons (Fsp3) is 0.500. The van der Waals surface area contributed by atoms with Gasteiger partial charge >= 0.3 is 6.03 Å². The second-order valence-electron chi connectivity index (χ2n) is 6.72. The maximum absolute atomic E-state index is 12.7. The number of urea groups is 1. The van der Waals surface area contributed by atoms with E-state index in [4.69, 9.17) is 4.74 Å². The van der Waals surface area contributed by atoms with Crippen molar-refractivity contribution in [2.75, 3.05) is 43.0 Å². The highest BCUT2D eigenvalue weighted by atomic mass is 16.5. The second kappa shape index (κ2) is 8.79. The van der Waals surface area contributed by atoms with Crippen LogP contribution in [0.5, 0.6) is 5.75 Å². The molecule has 146 valence electrons. The zero-order valence-electron chi connectivity index (χ0n) is 16.4. The number of piperazine rings is 1. The van der Waals surface area contributed by atoms with E-state index in [2.05, 4.69) is 35.2 Å². The molecule has 0 bridgehead atoms. The van der Waals surface area contributed by atoms with E-state index in [1.807, 2.05) is 40.8 Å². The van der Waals surface area contributed by atoms with Gasteiger partial charge in [0.25, 0.3) is 0 Å². The van der Waals surface area contributed by atoms with Gasteiger partial charge in [-0.25, -0.2) is 9.48 Å². The lowest BCUT2D eigenvalue weighted by Crippen LogP contribution is -2.50. The van der Waals surface area contributed by atoms with Gasteiger partial charge in [0.2, 0.25) is 0 Å².